The quantitative estimate of drug-likeness (QED) is 0.692. The number of hydrogen-bond acceptors (Lipinski definition) is 4. The molecule has 0 spiro atoms. The van der Waals surface area contributed by atoms with Gasteiger partial charge in [-0.15, -0.1) is 0 Å². The number of likely N-dealkylation sites (tertiary alicyclic amines) is 1. The molecule has 7 nitrogen and oxygen atoms in total. The van der Waals surface area contributed by atoms with Crippen molar-refractivity contribution in [3.63, 3.8) is 0 Å². The maximum Gasteiger partial charge on any atom is 0.247 e. The van der Waals surface area contributed by atoms with Gasteiger partial charge in [0.1, 0.15) is 13.2 Å². The van der Waals surface area contributed by atoms with E-state index in [9.17, 15) is 9.59 Å². The summed E-state index contributed by atoms with van der Waals surface area (Å²) >= 11 is 0. The number of aryl methyl sites for hydroxylation is 1. The molecule has 1 saturated heterocycles. The number of amides is 2. The Morgan fingerprint density at radius 3 is 2.66 bits per heavy atom. The number of nitrogens with one attached hydrogen (secondary N) is 1. The summed E-state index contributed by atoms with van der Waals surface area (Å²) in [4.78, 5) is 31.2. The normalized spacial score (nSPS) is 18.0. The second kappa shape index (κ2) is 7.58. The Bertz CT molecular complexity index is 1130. The van der Waals surface area contributed by atoms with Crippen molar-refractivity contribution in [1.82, 2.24) is 9.47 Å². The minimum atomic E-state index is -0.589. The smallest absolute Gasteiger partial charge is 0.247 e. The number of carbonyl (C=O) groups excluding carboxylic acids is 2. The van der Waals surface area contributed by atoms with Gasteiger partial charge in [0.25, 0.3) is 0 Å². The van der Waals surface area contributed by atoms with E-state index in [2.05, 4.69) is 34.1 Å². The largest absolute Gasteiger partial charge is 0.399 e. The second-order valence-electron chi connectivity index (χ2n) is 7.19. The molecule has 1 aromatic heterocycles. The standard InChI is InChI=1S/C22H24N4O3/c1-4-25-19-8-6-5-7-17(19)18-11-15(9-10-20(18)25)23-22(28)21-12-16(24-29-3)13-26(21)14(2)27/h5-11,21H,4,12-13H2,1-3H3,(H,23,28)/t21-/m0/s1. The van der Waals surface area contributed by atoms with E-state index >= 15 is 0 Å². The molecule has 0 bridgehead atoms. The molecule has 0 radical (unpaired) electrons. The molecule has 29 heavy (non-hydrogen) atoms. The Morgan fingerprint density at radius 2 is 1.93 bits per heavy atom. The second-order valence-corrected chi connectivity index (χ2v) is 7.19. The van der Waals surface area contributed by atoms with Gasteiger partial charge in [-0.3, -0.25) is 9.59 Å². The van der Waals surface area contributed by atoms with Gasteiger partial charge < -0.3 is 19.6 Å². The van der Waals surface area contributed by atoms with Crippen molar-refractivity contribution < 1.29 is 14.4 Å². The van der Waals surface area contributed by atoms with Gasteiger partial charge in [0.2, 0.25) is 11.8 Å². The SMILES string of the molecule is CCn1c2ccccc2c2cc(NC(=O)[C@@H]3CC(=NOC)CN3C(C)=O)ccc21. The van der Waals surface area contributed by atoms with Gasteiger partial charge in [-0.05, 0) is 31.2 Å². The molecule has 3 aromatic rings. The van der Waals surface area contributed by atoms with Crippen molar-refractivity contribution >= 4 is 45.0 Å². The minimum Gasteiger partial charge on any atom is -0.399 e. The van der Waals surface area contributed by atoms with Crippen LogP contribution < -0.4 is 5.32 Å². The predicted molar refractivity (Wildman–Crippen MR) is 114 cm³/mol. The average molecular weight is 392 g/mol. The van der Waals surface area contributed by atoms with E-state index in [0.29, 0.717) is 24.4 Å². The molecule has 150 valence electrons. The fraction of sp³-hybridized carbons (Fsp3) is 0.318. The van der Waals surface area contributed by atoms with Crippen molar-refractivity contribution in [2.24, 2.45) is 5.16 Å². The first-order chi connectivity index (χ1) is 14.0. The molecular weight excluding hydrogens is 368 g/mol. The Kier molecular flexibility index (Phi) is 4.96. The van der Waals surface area contributed by atoms with Crippen LogP contribution >= 0.6 is 0 Å². The number of carbonyl (C=O) groups is 2. The monoisotopic (exact) mass is 392 g/mol. The zero-order valence-electron chi connectivity index (χ0n) is 16.8. The molecule has 1 fully saturated rings. The summed E-state index contributed by atoms with van der Waals surface area (Å²) < 4.78 is 2.26. The fourth-order valence-electron chi connectivity index (χ4n) is 4.16. The van der Waals surface area contributed by atoms with Gasteiger partial charge in [-0.25, -0.2) is 0 Å². The number of aromatic nitrogens is 1. The third kappa shape index (κ3) is 3.33. The lowest BCUT2D eigenvalue weighted by molar-refractivity contribution is -0.134. The molecule has 2 aromatic carbocycles. The van der Waals surface area contributed by atoms with Gasteiger partial charge in [-0.2, -0.15) is 0 Å². The highest BCUT2D eigenvalue weighted by molar-refractivity contribution is 6.10. The Labute approximate surface area is 168 Å². The summed E-state index contributed by atoms with van der Waals surface area (Å²) in [6.07, 6.45) is 0.372. The molecule has 7 heteroatoms. The molecule has 2 amide bonds. The number of fused-ring (bicyclic) bond motifs is 3. The van der Waals surface area contributed by atoms with E-state index in [0.717, 1.165) is 22.8 Å². The van der Waals surface area contributed by atoms with Crippen molar-refractivity contribution in [1.29, 1.82) is 0 Å². The van der Waals surface area contributed by atoms with Crippen LogP contribution in [0.25, 0.3) is 21.8 Å². The minimum absolute atomic E-state index is 0.159. The van der Waals surface area contributed by atoms with Gasteiger partial charge in [-0.1, -0.05) is 23.4 Å². The van der Waals surface area contributed by atoms with Crippen molar-refractivity contribution in [2.45, 2.75) is 32.9 Å². The molecule has 1 aliphatic heterocycles. The Balaban J connectivity index is 1.65. The number of nitrogens with zero attached hydrogens (tertiary/aromatic N) is 3. The molecule has 2 heterocycles. The van der Waals surface area contributed by atoms with E-state index in [-0.39, 0.29) is 11.8 Å². The summed E-state index contributed by atoms with van der Waals surface area (Å²) in [7, 11) is 1.46. The molecular formula is C22H24N4O3. The van der Waals surface area contributed by atoms with Crippen LogP contribution in [-0.2, 0) is 21.0 Å². The zero-order valence-corrected chi connectivity index (χ0v) is 16.8. The molecule has 0 aliphatic carbocycles. The highest BCUT2D eigenvalue weighted by Crippen LogP contribution is 2.31. The van der Waals surface area contributed by atoms with Gasteiger partial charge in [0.05, 0.1) is 12.3 Å². The molecule has 0 unspecified atom stereocenters. The third-order valence-electron chi connectivity index (χ3n) is 5.44. The Morgan fingerprint density at radius 1 is 1.17 bits per heavy atom. The summed E-state index contributed by atoms with van der Waals surface area (Å²) in [6, 6.07) is 13.6. The highest BCUT2D eigenvalue weighted by Gasteiger charge is 2.36. The lowest BCUT2D eigenvalue weighted by Crippen LogP contribution is -2.42. The lowest BCUT2D eigenvalue weighted by Gasteiger charge is -2.21. The van der Waals surface area contributed by atoms with Crippen molar-refractivity contribution in [3.8, 4) is 0 Å². The van der Waals surface area contributed by atoms with Crippen molar-refractivity contribution in [3.05, 3.63) is 42.5 Å². The average Bonchev–Trinajstić information content (AvgIpc) is 3.27. The van der Waals surface area contributed by atoms with Crippen LogP contribution in [0.3, 0.4) is 0 Å². The van der Waals surface area contributed by atoms with Crippen LogP contribution in [0.15, 0.2) is 47.6 Å². The number of oxime groups is 1. The van der Waals surface area contributed by atoms with Crippen LogP contribution in [0.2, 0.25) is 0 Å². The number of rotatable bonds is 4. The highest BCUT2D eigenvalue weighted by atomic mass is 16.6. The van der Waals surface area contributed by atoms with E-state index in [4.69, 9.17) is 4.84 Å². The molecule has 1 N–H and O–H groups in total. The zero-order chi connectivity index (χ0) is 20.5. The van der Waals surface area contributed by atoms with Crippen LogP contribution in [0, 0.1) is 0 Å². The maximum atomic E-state index is 12.9. The first-order valence-corrected chi connectivity index (χ1v) is 9.71. The molecule has 1 aliphatic rings. The summed E-state index contributed by atoms with van der Waals surface area (Å²) in [6.45, 7) is 4.76. The summed E-state index contributed by atoms with van der Waals surface area (Å²) in [5, 5.41) is 9.15. The van der Waals surface area contributed by atoms with E-state index in [1.165, 1.54) is 24.5 Å². The number of hydrogen-bond donors (Lipinski definition) is 1. The predicted octanol–water partition coefficient (Wildman–Crippen LogP) is 3.38. The van der Waals surface area contributed by atoms with Gasteiger partial charge in [0.15, 0.2) is 0 Å². The lowest BCUT2D eigenvalue weighted by atomic mass is 10.1. The summed E-state index contributed by atoms with van der Waals surface area (Å²) in [5.41, 5.74) is 3.70. The first-order valence-electron chi connectivity index (χ1n) is 9.71. The Hall–Kier alpha value is -3.35. The van der Waals surface area contributed by atoms with E-state index in [1.807, 2.05) is 30.3 Å². The maximum absolute atomic E-state index is 12.9. The fourth-order valence-corrected chi connectivity index (χ4v) is 4.16. The number of para-hydroxylation sites is 1. The number of anilines is 1. The van der Waals surface area contributed by atoms with E-state index < -0.39 is 6.04 Å². The summed E-state index contributed by atoms with van der Waals surface area (Å²) in [5.74, 6) is -0.381. The molecule has 0 saturated carbocycles. The van der Waals surface area contributed by atoms with E-state index in [1.54, 1.807) is 0 Å². The number of benzene rings is 2. The topological polar surface area (TPSA) is 75.9 Å². The molecule has 1 atom stereocenters. The van der Waals surface area contributed by atoms with Crippen molar-refractivity contribution in [2.75, 3.05) is 19.0 Å². The van der Waals surface area contributed by atoms with Gasteiger partial charge >= 0.3 is 0 Å². The van der Waals surface area contributed by atoms with Crippen LogP contribution in [0.4, 0.5) is 5.69 Å². The van der Waals surface area contributed by atoms with Crippen LogP contribution in [0.1, 0.15) is 20.3 Å². The van der Waals surface area contributed by atoms with Gasteiger partial charge in [0, 0.05) is 47.4 Å². The third-order valence-corrected chi connectivity index (χ3v) is 5.44. The first kappa shape index (κ1) is 19.0. The molecule has 4 rings (SSSR count). The van der Waals surface area contributed by atoms with Crippen LogP contribution in [0.5, 0.6) is 0 Å². The van der Waals surface area contributed by atoms with Crippen LogP contribution in [-0.4, -0.2) is 46.7 Å².